The highest BCUT2D eigenvalue weighted by Gasteiger charge is 2.29. The fraction of sp³-hybridized carbons (Fsp3) is 0.533. The number of methoxy groups -OCH3 is 1. The Morgan fingerprint density at radius 3 is 2.85 bits per heavy atom. The van der Waals surface area contributed by atoms with Crippen molar-refractivity contribution >= 4 is 21.8 Å². The van der Waals surface area contributed by atoms with Gasteiger partial charge in [0.1, 0.15) is 5.75 Å². The fourth-order valence-corrected chi connectivity index (χ4v) is 2.69. The molecule has 1 amide bonds. The van der Waals surface area contributed by atoms with Crippen LogP contribution < -0.4 is 10.1 Å². The van der Waals surface area contributed by atoms with Gasteiger partial charge in [0.05, 0.1) is 11.6 Å². The first-order valence-corrected chi connectivity index (χ1v) is 7.64. The zero-order valence-corrected chi connectivity index (χ0v) is 13.1. The maximum atomic E-state index is 11.6. The summed E-state index contributed by atoms with van der Waals surface area (Å²) < 4.78 is 6.09. The van der Waals surface area contributed by atoms with Crippen molar-refractivity contribution in [3.63, 3.8) is 0 Å². The van der Waals surface area contributed by atoms with Crippen LogP contribution in [-0.2, 0) is 11.2 Å². The third-order valence-corrected chi connectivity index (χ3v) is 4.13. The molecule has 1 aliphatic carbocycles. The van der Waals surface area contributed by atoms with E-state index < -0.39 is 0 Å². The summed E-state index contributed by atoms with van der Waals surface area (Å²) in [5.41, 5.74) is 1.11. The number of rotatable bonds is 7. The van der Waals surface area contributed by atoms with Crippen LogP contribution >= 0.6 is 15.9 Å². The predicted molar refractivity (Wildman–Crippen MR) is 80.7 cm³/mol. The number of carbonyl (C=O) groups is 1. The molecule has 0 bridgehead atoms. The molecule has 1 fully saturated rings. The third-order valence-electron chi connectivity index (χ3n) is 3.51. The van der Waals surface area contributed by atoms with Gasteiger partial charge in [-0.2, -0.15) is 0 Å². The van der Waals surface area contributed by atoms with Crippen molar-refractivity contribution in [3.05, 3.63) is 28.2 Å². The van der Waals surface area contributed by atoms with E-state index in [4.69, 9.17) is 4.74 Å². The van der Waals surface area contributed by atoms with Crippen LogP contribution in [-0.4, -0.2) is 31.3 Å². The third kappa shape index (κ3) is 4.21. The Kier molecular flexibility index (Phi) is 5.43. The molecular formula is C15H20BrNO3. The highest BCUT2D eigenvalue weighted by Crippen LogP contribution is 2.29. The molecular weight excluding hydrogens is 322 g/mol. The van der Waals surface area contributed by atoms with Crippen LogP contribution in [0.15, 0.2) is 22.7 Å². The van der Waals surface area contributed by atoms with Crippen LogP contribution in [0.2, 0.25) is 0 Å². The van der Waals surface area contributed by atoms with E-state index in [0.29, 0.717) is 6.54 Å². The van der Waals surface area contributed by atoms with Crippen molar-refractivity contribution in [2.45, 2.75) is 19.3 Å². The van der Waals surface area contributed by atoms with Crippen molar-refractivity contribution in [1.82, 2.24) is 5.32 Å². The van der Waals surface area contributed by atoms with Gasteiger partial charge >= 0.3 is 0 Å². The molecule has 4 nitrogen and oxygen atoms in total. The second kappa shape index (κ2) is 7.09. The first kappa shape index (κ1) is 15.3. The number of ether oxygens (including phenoxy) is 1. The van der Waals surface area contributed by atoms with Gasteiger partial charge in [0.15, 0.2) is 0 Å². The number of aliphatic hydroxyl groups excluding tert-OH is 1. The second-order valence-corrected chi connectivity index (χ2v) is 6.10. The van der Waals surface area contributed by atoms with Crippen LogP contribution in [0.3, 0.4) is 0 Å². The van der Waals surface area contributed by atoms with Crippen molar-refractivity contribution < 1.29 is 14.6 Å². The van der Waals surface area contributed by atoms with Crippen LogP contribution in [0.1, 0.15) is 18.4 Å². The molecule has 20 heavy (non-hydrogen) atoms. The number of aliphatic hydroxyl groups is 1. The van der Waals surface area contributed by atoms with Crippen molar-refractivity contribution in [1.29, 1.82) is 0 Å². The van der Waals surface area contributed by atoms with Crippen LogP contribution in [0.25, 0.3) is 0 Å². The Hall–Kier alpha value is -1.07. The molecule has 0 aromatic heterocycles. The lowest BCUT2D eigenvalue weighted by atomic mass is 10.00. The molecule has 1 unspecified atom stereocenters. The summed E-state index contributed by atoms with van der Waals surface area (Å²) in [5, 5.41) is 12.4. The van der Waals surface area contributed by atoms with Gasteiger partial charge in [-0.3, -0.25) is 4.79 Å². The maximum Gasteiger partial charge on any atom is 0.223 e. The van der Waals surface area contributed by atoms with Crippen molar-refractivity contribution in [2.75, 3.05) is 20.3 Å². The van der Waals surface area contributed by atoms with E-state index in [0.717, 1.165) is 35.0 Å². The summed E-state index contributed by atoms with van der Waals surface area (Å²) in [6.07, 6.45) is 2.73. The van der Waals surface area contributed by atoms with E-state index in [1.54, 1.807) is 7.11 Å². The minimum atomic E-state index is 0.0398. The molecule has 1 aromatic rings. The minimum absolute atomic E-state index is 0.0398. The fourth-order valence-electron chi connectivity index (χ4n) is 2.11. The van der Waals surface area contributed by atoms with E-state index in [-0.39, 0.29) is 24.3 Å². The number of halogens is 1. The highest BCUT2D eigenvalue weighted by molar-refractivity contribution is 9.10. The number of carbonyl (C=O) groups excluding carboxylic acids is 1. The molecule has 110 valence electrons. The predicted octanol–water partition coefficient (Wildman–Crippen LogP) is 2.13. The number of amides is 1. The van der Waals surface area contributed by atoms with E-state index in [1.165, 1.54) is 0 Å². The average Bonchev–Trinajstić information content (AvgIpc) is 3.27. The summed E-state index contributed by atoms with van der Waals surface area (Å²) >= 11 is 3.45. The number of nitrogens with one attached hydrogen (secondary N) is 1. The molecule has 0 heterocycles. The van der Waals surface area contributed by atoms with Gasteiger partial charge in [-0.1, -0.05) is 6.07 Å². The molecule has 2 rings (SSSR count). The van der Waals surface area contributed by atoms with Crippen molar-refractivity contribution in [2.24, 2.45) is 11.8 Å². The molecule has 1 saturated carbocycles. The van der Waals surface area contributed by atoms with E-state index in [2.05, 4.69) is 21.2 Å². The summed E-state index contributed by atoms with van der Waals surface area (Å²) in [5.74, 6) is 1.16. The number of hydrogen-bond acceptors (Lipinski definition) is 3. The minimum Gasteiger partial charge on any atom is -0.496 e. The Bertz CT molecular complexity index is 474. The van der Waals surface area contributed by atoms with E-state index in [9.17, 15) is 9.90 Å². The first-order chi connectivity index (χ1) is 9.63. The SMILES string of the molecule is COc1ccc(CC(CO)CNC(=O)C2CC2)cc1Br. The molecule has 0 spiro atoms. The van der Waals surface area contributed by atoms with Gasteiger partial charge in [0.25, 0.3) is 0 Å². The summed E-state index contributed by atoms with van der Waals surface area (Å²) in [6.45, 7) is 0.587. The Morgan fingerprint density at radius 1 is 1.55 bits per heavy atom. The van der Waals surface area contributed by atoms with Gasteiger partial charge in [0.2, 0.25) is 5.91 Å². The van der Waals surface area contributed by atoms with Crippen molar-refractivity contribution in [3.8, 4) is 5.75 Å². The molecule has 1 atom stereocenters. The molecule has 0 aliphatic heterocycles. The van der Waals surface area contributed by atoms with E-state index in [1.807, 2.05) is 18.2 Å². The summed E-state index contributed by atoms with van der Waals surface area (Å²) in [6, 6.07) is 5.87. The van der Waals surface area contributed by atoms with Crippen LogP contribution in [0.5, 0.6) is 5.75 Å². The standard InChI is InChI=1S/C15H20BrNO3/c1-20-14-5-2-10(7-13(14)16)6-11(9-18)8-17-15(19)12-3-4-12/h2,5,7,11-12,18H,3-4,6,8-9H2,1H3,(H,17,19). The largest absolute Gasteiger partial charge is 0.496 e. The summed E-state index contributed by atoms with van der Waals surface area (Å²) in [4.78, 5) is 11.6. The Labute approximate surface area is 127 Å². The topological polar surface area (TPSA) is 58.6 Å². The molecule has 0 radical (unpaired) electrons. The molecule has 0 saturated heterocycles. The quantitative estimate of drug-likeness (QED) is 0.798. The smallest absolute Gasteiger partial charge is 0.223 e. The van der Waals surface area contributed by atoms with E-state index >= 15 is 0 Å². The number of benzene rings is 1. The lowest BCUT2D eigenvalue weighted by Gasteiger charge is -2.16. The van der Waals surface area contributed by atoms with Crippen LogP contribution in [0, 0.1) is 11.8 Å². The van der Waals surface area contributed by atoms with Gasteiger partial charge in [-0.25, -0.2) is 0 Å². The zero-order valence-electron chi connectivity index (χ0n) is 11.6. The molecule has 1 aliphatic rings. The van der Waals surface area contributed by atoms with Crippen LogP contribution in [0.4, 0.5) is 0 Å². The summed E-state index contributed by atoms with van der Waals surface area (Å²) in [7, 11) is 1.63. The molecule has 2 N–H and O–H groups in total. The second-order valence-electron chi connectivity index (χ2n) is 5.24. The lowest BCUT2D eigenvalue weighted by molar-refractivity contribution is -0.122. The zero-order chi connectivity index (χ0) is 14.5. The normalized spacial score (nSPS) is 15.8. The first-order valence-electron chi connectivity index (χ1n) is 6.85. The highest BCUT2D eigenvalue weighted by atomic mass is 79.9. The molecule has 5 heteroatoms. The van der Waals surface area contributed by atoms with Gasteiger partial charge in [0, 0.05) is 25.0 Å². The maximum absolute atomic E-state index is 11.6. The lowest BCUT2D eigenvalue weighted by Crippen LogP contribution is -2.32. The Morgan fingerprint density at radius 2 is 2.30 bits per heavy atom. The van der Waals surface area contributed by atoms with Gasteiger partial charge in [-0.05, 0) is 52.9 Å². The number of hydrogen-bond donors (Lipinski definition) is 2. The average molecular weight is 342 g/mol. The monoisotopic (exact) mass is 341 g/mol. The van der Waals surface area contributed by atoms with Gasteiger partial charge < -0.3 is 15.2 Å². The molecule has 1 aromatic carbocycles. The Balaban J connectivity index is 1.88. The van der Waals surface area contributed by atoms with Gasteiger partial charge in [-0.15, -0.1) is 0 Å².